The number of nitrogens with zero attached hydrogens (tertiary/aromatic N) is 1. The highest BCUT2D eigenvalue weighted by molar-refractivity contribution is 7.05. The molecular formula is C7H9NS. The minimum atomic E-state index is 0.997. The Morgan fingerprint density at radius 1 is 1.89 bits per heavy atom. The summed E-state index contributed by atoms with van der Waals surface area (Å²) in [5.74, 6) is 0. The van der Waals surface area contributed by atoms with Gasteiger partial charge in [0.15, 0.2) is 0 Å². The highest BCUT2D eigenvalue weighted by Gasteiger charge is 1.93. The van der Waals surface area contributed by atoms with Crippen molar-refractivity contribution in [3.05, 3.63) is 23.2 Å². The van der Waals surface area contributed by atoms with Gasteiger partial charge in [-0.15, -0.1) is 0 Å². The fourth-order valence-corrected chi connectivity index (χ4v) is 1.24. The van der Waals surface area contributed by atoms with Gasteiger partial charge in [0.05, 0.1) is 5.69 Å². The third kappa shape index (κ3) is 1.39. The van der Waals surface area contributed by atoms with Crippen LogP contribution in [0.4, 0.5) is 0 Å². The molecule has 0 aliphatic heterocycles. The van der Waals surface area contributed by atoms with Crippen molar-refractivity contribution in [3.63, 3.8) is 0 Å². The van der Waals surface area contributed by atoms with Gasteiger partial charge < -0.3 is 0 Å². The fraction of sp³-hybridized carbons (Fsp3) is 0.286. The van der Waals surface area contributed by atoms with Gasteiger partial charge in [-0.2, -0.15) is 4.37 Å². The molecule has 0 aromatic carbocycles. The maximum Gasteiger partial charge on any atom is 0.0765 e. The monoisotopic (exact) mass is 139 g/mol. The van der Waals surface area contributed by atoms with Crippen LogP contribution in [0.3, 0.4) is 0 Å². The van der Waals surface area contributed by atoms with Crippen molar-refractivity contribution < 1.29 is 0 Å². The lowest BCUT2D eigenvalue weighted by Crippen LogP contribution is -1.66. The molecule has 9 heavy (non-hydrogen) atoms. The smallest absolute Gasteiger partial charge is 0.0765 e. The molecule has 0 saturated heterocycles. The van der Waals surface area contributed by atoms with E-state index in [-0.39, 0.29) is 0 Å². The molecule has 1 heterocycles. The Morgan fingerprint density at radius 2 is 2.67 bits per heavy atom. The molecule has 0 bridgehead atoms. The van der Waals surface area contributed by atoms with Crippen molar-refractivity contribution >= 4 is 17.6 Å². The molecule has 0 aliphatic rings. The van der Waals surface area contributed by atoms with Crippen LogP contribution in [-0.2, 0) is 6.42 Å². The Morgan fingerprint density at radius 3 is 3.00 bits per heavy atom. The normalized spacial score (nSPS) is 9.44. The van der Waals surface area contributed by atoms with Crippen LogP contribution >= 0.6 is 11.5 Å². The maximum absolute atomic E-state index is 4.13. The SMILES string of the molecule is C=Cc1cc(CC)sn1. The van der Waals surface area contributed by atoms with Crippen LogP contribution in [0, 0.1) is 0 Å². The minimum absolute atomic E-state index is 0.997. The Labute approximate surface area is 59.2 Å². The molecule has 2 heteroatoms. The molecule has 0 spiro atoms. The van der Waals surface area contributed by atoms with Crippen molar-refractivity contribution in [1.82, 2.24) is 4.37 Å². The third-order valence-electron chi connectivity index (χ3n) is 1.13. The first-order valence-electron chi connectivity index (χ1n) is 2.95. The summed E-state index contributed by atoms with van der Waals surface area (Å²) in [7, 11) is 0. The number of aromatic nitrogens is 1. The van der Waals surface area contributed by atoms with Crippen molar-refractivity contribution in [1.29, 1.82) is 0 Å². The standard InChI is InChI=1S/C7H9NS/c1-3-6-5-7(4-2)9-8-6/h3,5H,1,4H2,2H3. The van der Waals surface area contributed by atoms with Crippen molar-refractivity contribution in [2.24, 2.45) is 0 Å². The van der Waals surface area contributed by atoms with E-state index in [9.17, 15) is 0 Å². The second-order valence-corrected chi connectivity index (χ2v) is 2.67. The molecule has 1 nitrogen and oxygen atoms in total. The van der Waals surface area contributed by atoms with Gasteiger partial charge in [-0.3, -0.25) is 0 Å². The van der Waals surface area contributed by atoms with E-state index in [1.807, 2.05) is 0 Å². The Bertz CT molecular complexity index is 202. The molecule has 1 rings (SSSR count). The molecule has 0 unspecified atom stereocenters. The van der Waals surface area contributed by atoms with E-state index in [4.69, 9.17) is 0 Å². The van der Waals surface area contributed by atoms with E-state index in [1.54, 1.807) is 17.6 Å². The molecule has 0 N–H and O–H groups in total. The molecule has 0 radical (unpaired) electrons. The maximum atomic E-state index is 4.13. The highest BCUT2D eigenvalue weighted by Crippen LogP contribution is 2.10. The molecule has 1 aromatic rings. The van der Waals surface area contributed by atoms with Crippen LogP contribution < -0.4 is 0 Å². The van der Waals surface area contributed by atoms with Gasteiger partial charge in [-0.1, -0.05) is 13.5 Å². The molecule has 0 atom stereocenters. The first-order chi connectivity index (χ1) is 4.36. The number of aryl methyl sites for hydroxylation is 1. The predicted molar refractivity (Wildman–Crippen MR) is 41.6 cm³/mol. The highest BCUT2D eigenvalue weighted by atomic mass is 32.1. The van der Waals surface area contributed by atoms with Crippen LogP contribution in [0.25, 0.3) is 6.08 Å². The minimum Gasteiger partial charge on any atom is -0.193 e. The lowest BCUT2D eigenvalue weighted by atomic mass is 10.3. The third-order valence-corrected chi connectivity index (χ3v) is 2.08. The number of rotatable bonds is 2. The molecule has 0 fully saturated rings. The molecule has 48 valence electrons. The topological polar surface area (TPSA) is 12.9 Å². The van der Waals surface area contributed by atoms with Crippen molar-refractivity contribution in [2.45, 2.75) is 13.3 Å². The van der Waals surface area contributed by atoms with Gasteiger partial charge in [0.1, 0.15) is 0 Å². The van der Waals surface area contributed by atoms with Gasteiger partial charge in [0.2, 0.25) is 0 Å². The average Bonchev–Trinajstić information content (AvgIpc) is 2.34. The summed E-state index contributed by atoms with van der Waals surface area (Å²) in [6.45, 7) is 5.75. The van der Waals surface area contributed by atoms with Gasteiger partial charge in [-0.25, -0.2) is 0 Å². The number of hydrogen-bond acceptors (Lipinski definition) is 2. The Kier molecular flexibility index (Phi) is 2.01. The average molecular weight is 139 g/mol. The number of hydrogen-bond donors (Lipinski definition) is 0. The summed E-state index contributed by atoms with van der Waals surface area (Å²) < 4.78 is 4.13. The van der Waals surface area contributed by atoms with E-state index in [0.29, 0.717) is 0 Å². The first kappa shape index (κ1) is 6.49. The van der Waals surface area contributed by atoms with Crippen LogP contribution in [-0.4, -0.2) is 4.37 Å². The summed E-state index contributed by atoms with van der Waals surface area (Å²) in [5, 5.41) is 0. The van der Waals surface area contributed by atoms with Crippen LogP contribution in [0.1, 0.15) is 17.5 Å². The summed E-state index contributed by atoms with van der Waals surface area (Å²) >= 11 is 1.55. The van der Waals surface area contributed by atoms with Crippen LogP contribution in [0.2, 0.25) is 0 Å². The summed E-state index contributed by atoms with van der Waals surface area (Å²) in [6, 6.07) is 2.07. The van der Waals surface area contributed by atoms with E-state index in [1.165, 1.54) is 4.88 Å². The summed E-state index contributed by atoms with van der Waals surface area (Å²) in [5.41, 5.74) is 0.997. The molecule has 1 aromatic heterocycles. The lowest BCUT2D eigenvalue weighted by Gasteiger charge is -1.78. The van der Waals surface area contributed by atoms with Gasteiger partial charge >= 0.3 is 0 Å². The van der Waals surface area contributed by atoms with Gasteiger partial charge in [0.25, 0.3) is 0 Å². The zero-order valence-corrected chi connectivity index (χ0v) is 6.24. The van der Waals surface area contributed by atoms with Crippen molar-refractivity contribution in [2.75, 3.05) is 0 Å². The van der Waals surface area contributed by atoms with E-state index in [0.717, 1.165) is 12.1 Å². The van der Waals surface area contributed by atoms with Crippen molar-refractivity contribution in [3.8, 4) is 0 Å². The largest absolute Gasteiger partial charge is 0.193 e. The Hall–Kier alpha value is -0.630. The summed E-state index contributed by atoms with van der Waals surface area (Å²) in [4.78, 5) is 1.32. The Balaban J connectivity index is 2.86. The molecule has 0 amide bonds. The van der Waals surface area contributed by atoms with E-state index in [2.05, 4.69) is 23.9 Å². The molecule has 0 saturated carbocycles. The quantitative estimate of drug-likeness (QED) is 0.613. The van der Waals surface area contributed by atoms with Gasteiger partial charge in [-0.05, 0) is 30.1 Å². The lowest BCUT2D eigenvalue weighted by molar-refractivity contribution is 1.19. The second-order valence-electron chi connectivity index (χ2n) is 1.78. The zero-order chi connectivity index (χ0) is 6.69. The zero-order valence-electron chi connectivity index (χ0n) is 5.42. The second kappa shape index (κ2) is 2.78. The van der Waals surface area contributed by atoms with Gasteiger partial charge in [0, 0.05) is 4.88 Å². The fourth-order valence-electron chi connectivity index (χ4n) is 0.592. The van der Waals surface area contributed by atoms with E-state index < -0.39 is 0 Å². The first-order valence-corrected chi connectivity index (χ1v) is 3.72. The molecule has 0 aliphatic carbocycles. The van der Waals surface area contributed by atoms with Crippen LogP contribution in [0.15, 0.2) is 12.6 Å². The van der Waals surface area contributed by atoms with E-state index >= 15 is 0 Å². The van der Waals surface area contributed by atoms with Crippen LogP contribution in [0.5, 0.6) is 0 Å². The summed E-state index contributed by atoms with van der Waals surface area (Å²) in [6.07, 6.45) is 2.85. The molecular weight excluding hydrogens is 130 g/mol. The predicted octanol–water partition coefficient (Wildman–Crippen LogP) is 2.35.